The van der Waals surface area contributed by atoms with Crippen molar-refractivity contribution in [1.82, 2.24) is 0 Å². The lowest BCUT2D eigenvalue weighted by atomic mass is 9.92. The molecule has 3 aromatic carbocycles. The summed E-state index contributed by atoms with van der Waals surface area (Å²) in [6, 6.07) is 24.0. The highest BCUT2D eigenvalue weighted by Crippen LogP contribution is 2.46. The third-order valence-electron chi connectivity index (χ3n) is 5.21. The van der Waals surface area contributed by atoms with Gasteiger partial charge in [-0.15, -0.1) is 11.8 Å². The average Bonchev–Trinajstić information content (AvgIpc) is 2.72. The van der Waals surface area contributed by atoms with E-state index < -0.39 is 0 Å². The first-order valence-electron chi connectivity index (χ1n) is 10.2. The largest absolute Gasteiger partial charge is 0.115 e. The molecule has 0 saturated carbocycles. The summed E-state index contributed by atoms with van der Waals surface area (Å²) >= 11 is 1.92. The maximum Gasteiger partial charge on any atom is 0.0339 e. The molecule has 0 nitrogen and oxygen atoms in total. The highest BCUT2D eigenvalue weighted by atomic mass is 32.2. The molecule has 0 saturated heterocycles. The summed E-state index contributed by atoms with van der Waals surface area (Å²) in [6.07, 6.45) is 3.47. The molecule has 0 radical (unpaired) electrons. The molecule has 1 heteroatoms. The van der Waals surface area contributed by atoms with Gasteiger partial charge in [0, 0.05) is 20.8 Å². The van der Waals surface area contributed by atoms with Gasteiger partial charge in [0.05, 0.1) is 0 Å². The molecule has 0 bridgehead atoms. The number of hydrogen-bond acceptors (Lipinski definition) is 1. The monoisotopic (exact) mass is 394 g/mol. The minimum absolute atomic E-state index is 0.0703. The Balaban J connectivity index is 1.74. The van der Waals surface area contributed by atoms with Crippen LogP contribution in [-0.2, 0) is 6.42 Å². The minimum Gasteiger partial charge on any atom is -0.115 e. The third kappa shape index (κ3) is 4.50. The molecular formula is C28H26S. The van der Waals surface area contributed by atoms with E-state index in [0.29, 0.717) is 0 Å². The molecule has 3 aromatic rings. The van der Waals surface area contributed by atoms with Crippen molar-refractivity contribution < 1.29 is 0 Å². The molecule has 29 heavy (non-hydrogen) atoms. The minimum atomic E-state index is 0.0703. The number of aryl methyl sites for hydroxylation is 2. The molecule has 0 unspecified atom stereocenters. The number of thioether (sulfide) groups is 1. The quantitative estimate of drug-likeness (QED) is 0.412. The van der Waals surface area contributed by atoms with Crippen LogP contribution in [-0.4, -0.2) is 4.75 Å². The molecule has 1 aliphatic heterocycles. The van der Waals surface area contributed by atoms with E-state index in [1.807, 2.05) is 11.8 Å². The van der Waals surface area contributed by atoms with E-state index in [2.05, 4.69) is 112 Å². The van der Waals surface area contributed by atoms with Gasteiger partial charge in [0.15, 0.2) is 0 Å². The molecule has 0 fully saturated rings. The van der Waals surface area contributed by atoms with Gasteiger partial charge in [0.2, 0.25) is 0 Å². The Bertz CT molecular complexity index is 1120. The Kier molecular flexibility index (Phi) is 5.39. The van der Waals surface area contributed by atoms with Crippen LogP contribution in [0.15, 0.2) is 77.7 Å². The summed E-state index contributed by atoms with van der Waals surface area (Å²) < 4.78 is 0.0703. The Hall–Kier alpha value is -2.69. The van der Waals surface area contributed by atoms with Gasteiger partial charge in [-0.3, -0.25) is 0 Å². The summed E-state index contributed by atoms with van der Waals surface area (Å²) in [5.74, 6) is 6.66. The van der Waals surface area contributed by atoms with Crippen LogP contribution in [0.2, 0.25) is 0 Å². The first-order valence-corrected chi connectivity index (χ1v) is 11.0. The fourth-order valence-corrected chi connectivity index (χ4v) is 4.74. The van der Waals surface area contributed by atoms with Crippen molar-refractivity contribution in [2.45, 2.75) is 43.8 Å². The van der Waals surface area contributed by atoms with Gasteiger partial charge < -0.3 is 0 Å². The average molecular weight is 395 g/mol. The zero-order valence-corrected chi connectivity index (χ0v) is 18.4. The Labute approximate surface area is 179 Å². The number of rotatable bonds is 2. The van der Waals surface area contributed by atoms with Crippen molar-refractivity contribution in [2.75, 3.05) is 0 Å². The van der Waals surface area contributed by atoms with Crippen LogP contribution in [0.3, 0.4) is 0 Å². The van der Waals surface area contributed by atoms with E-state index in [-0.39, 0.29) is 4.75 Å². The molecule has 0 N–H and O–H groups in total. The standard InChI is InChI=1S/C28H26S/c1-5-21-12-15-24(16-13-21)26-19-28(3,4)29-27-17-14-23(18-25(26)27)11-10-22-8-6-20(2)7-9-22/h6-9,12-19H,5H2,1-4H3. The summed E-state index contributed by atoms with van der Waals surface area (Å²) in [4.78, 5) is 1.33. The summed E-state index contributed by atoms with van der Waals surface area (Å²) in [6.45, 7) is 8.86. The van der Waals surface area contributed by atoms with Crippen LogP contribution in [0.4, 0.5) is 0 Å². The molecule has 0 aromatic heterocycles. The van der Waals surface area contributed by atoms with Gasteiger partial charge in [-0.25, -0.2) is 0 Å². The van der Waals surface area contributed by atoms with Crippen LogP contribution >= 0.6 is 11.8 Å². The molecule has 1 heterocycles. The summed E-state index contributed by atoms with van der Waals surface area (Å²) in [7, 11) is 0. The molecule has 0 amide bonds. The summed E-state index contributed by atoms with van der Waals surface area (Å²) in [5, 5.41) is 0. The van der Waals surface area contributed by atoms with E-state index in [9.17, 15) is 0 Å². The van der Waals surface area contributed by atoms with Gasteiger partial charge in [-0.1, -0.05) is 66.8 Å². The first-order chi connectivity index (χ1) is 13.9. The Morgan fingerprint density at radius 1 is 0.828 bits per heavy atom. The van der Waals surface area contributed by atoms with E-state index in [4.69, 9.17) is 0 Å². The second-order valence-corrected chi connectivity index (χ2v) is 9.84. The number of hydrogen-bond donors (Lipinski definition) is 0. The van der Waals surface area contributed by atoms with E-state index in [1.54, 1.807) is 0 Å². The topological polar surface area (TPSA) is 0 Å². The van der Waals surface area contributed by atoms with Crippen molar-refractivity contribution in [1.29, 1.82) is 0 Å². The van der Waals surface area contributed by atoms with Crippen molar-refractivity contribution in [3.05, 3.63) is 106 Å². The molecule has 0 atom stereocenters. The van der Waals surface area contributed by atoms with Crippen LogP contribution < -0.4 is 0 Å². The van der Waals surface area contributed by atoms with Crippen LogP contribution in [0.25, 0.3) is 5.57 Å². The van der Waals surface area contributed by atoms with E-state index in [1.165, 1.54) is 32.7 Å². The lowest BCUT2D eigenvalue weighted by Gasteiger charge is -2.29. The summed E-state index contributed by atoms with van der Waals surface area (Å²) in [5.41, 5.74) is 8.61. The molecule has 0 spiro atoms. The number of benzene rings is 3. The smallest absolute Gasteiger partial charge is 0.0339 e. The first kappa shape index (κ1) is 19.6. The molecule has 144 valence electrons. The lowest BCUT2D eigenvalue weighted by Crippen LogP contribution is -2.16. The van der Waals surface area contributed by atoms with Crippen molar-refractivity contribution in [3.63, 3.8) is 0 Å². The van der Waals surface area contributed by atoms with E-state index >= 15 is 0 Å². The van der Waals surface area contributed by atoms with Crippen LogP contribution in [0.5, 0.6) is 0 Å². The molecule has 0 aliphatic carbocycles. The molecular weight excluding hydrogens is 368 g/mol. The highest BCUT2D eigenvalue weighted by Gasteiger charge is 2.26. The zero-order valence-electron chi connectivity index (χ0n) is 17.5. The second-order valence-electron chi connectivity index (χ2n) is 8.14. The fraction of sp³-hybridized carbons (Fsp3) is 0.214. The van der Waals surface area contributed by atoms with Crippen LogP contribution in [0, 0.1) is 18.8 Å². The second kappa shape index (κ2) is 7.97. The van der Waals surface area contributed by atoms with Crippen molar-refractivity contribution in [2.24, 2.45) is 0 Å². The van der Waals surface area contributed by atoms with Crippen molar-refractivity contribution >= 4 is 17.3 Å². The Morgan fingerprint density at radius 3 is 2.17 bits per heavy atom. The zero-order chi connectivity index (χ0) is 20.4. The van der Waals surface area contributed by atoms with Gasteiger partial charge in [0.25, 0.3) is 0 Å². The SMILES string of the molecule is CCc1ccc(C2=CC(C)(C)Sc3ccc(C#Cc4ccc(C)cc4)cc32)cc1. The van der Waals surface area contributed by atoms with Gasteiger partial charge in [-0.05, 0) is 79.8 Å². The maximum absolute atomic E-state index is 3.36. The van der Waals surface area contributed by atoms with Gasteiger partial charge in [-0.2, -0.15) is 0 Å². The van der Waals surface area contributed by atoms with Gasteiger partial charge >= 0.3 is 0 Å². The van der Waals surface area contributed by atoms with Crippen LogP contribution in [0.1, 0.15) is 54.2 Å². The fourth-order valence-electron chi connectivity index (χ4n) is 3.59. The molecule has 1 aliphatic rings. The lowest BCUT2D eigenvalue weighted by molar-refractivity contribution is 0.891. The Morgan fingerprint density at radius 2 is 1.48 bits per heavy atom. The third-order valence-corrected chi connectivity index (χ3v) is 6.43. The molecule has 4 rings (SSSR count). The number of fused-ring (bicyclic) bond motifs is 1. The maximum atomic E-state index is 3.36. The highest BCUT2D eigenvalue weighted by molar-refractivity contribution is 8.01. The predicted molar refractivity (Wildman–Crippen MR) is 126 cm³/mol. The predicted octanol–water partition coefficient (Wildman–Crippen LogP) is 7.27. The van der Waals surface area contributed by atoms with Gasteiger partial charge in [0.1, 0.15) is 0 Å². The van der Waals surface area contributed by atoms with E-state index in [0.717, 1.165) is 17.5 Å². The van der Waals surface area contributed by atoms with Crippen molar-refractivity contribution in [3.8, 4) is 11.8 Å². The normalized spacial score (nSPS) is 14.4.